The zero-order valence-electron chi connectivity index (χ0n) is 32.4. The van der Waals surface area contributed by atoms with Crippen LogP contribution in [0.15, 0.2) is 127 Å². The van der Waals surface area contributed by atoms with E-state index in [1.54, 1.807) is 32.3 Å². The Hall–Kier alpha value is -5.93. The van der Waals surface area contributed by atoms with Crippen molar-refractivity contribution >= 4 is 35.5 Å². The number of aryl methyl sites for hydroxylation is 1. The molecule has 0 fully saturated rings. The molecule has 3 amide bonds. The largest absolute Gasteiger partial charge is 0.449 e. The van der Waals surface area contributed by atoms with Gasteiger partial charge in [0, 0.05) is 48.8 Å². The topological polar surface area (TPSA) is 105 Å². The van der Waals surface area contributed by atoms with Gasteiger partial charge in [0.1, 0.15) is 18.2 Å². The molecule has 9 nitrogen and oxygen atoms in total. The molecule has 1 unspecified atom stereocenters. The lowest BCUT2D eigenvalue weighted by Crippen LogP contribution is -2.59. The van der Waals surface area contributed by atoms with Crippen LogP contribution in [0.5, 0.6) is 0 Å². The summed E-state index contributed by atoms with van der Waals surface area (Å²) in [5.41, 5.74) is 4.08. The molecule has 1 aliphatic carbocycles. The van der Waals surface area contributed by atoms with Crippen molar-refractivity contribution in [1.82, 2.24) is 15.1 Å². The van der Waals surface area contributed by atoms with E-state index in [0.29, 0.717) is 21.7 Å². The quantitative estimate of drug-likeness (QED) is 0.102. The number of rotatable bonds is 12. The van der Waals surface area contributed by atoms with Crippen molar-refractivity contribution < 1.29 is 28.7 Å². The van der Waals surface area contributed by atoms with Crippen LogP contribution in [0.3, 0.4) is 0 Å². The van der Waals surface area contributed by atoms with Gasteiger partial charge in [0.25, 0.3) is 0 Å². The maximum absolute atomic E-state index is 14.4. The summed E-state index contributed by atoms with van der Waals surface area (Å²) in [6, 6.07) is 38.8. The van der Waals surface area contributed by atoms with Gasteiger partial charge in [-0.15, -0.1) is 0 Å². The highest BCUT2D eigenvalue weighted by Crippen LogP contribution is 2.45. The number of benzene rings is 5. The van der Waals surface area contributed by atoms with E-state index in [2.05, 4.69) is 5.32 Å². The lowest BCUT2D eigenvalue weighted by Gasteiger charge is -2.38. The average molecular weight is 772 g/mol. The van der Waals surface area contributed by atoms with E-state index >= 15 is 0 Å². The van der Waals surface area contributed by atoms with E-state index in [1.807, 2.05) is 116 Å². The van der Waals surface area contributed by atoms with Crippen LogP contribution in [0.2, 0.25) is 5.02 Å². The van der Waals surface area contributed by atoms with Gasteiger partial charge in [-0.3, -0.25) is 14.4 Å². The van der Waals surface area contributed by atoms with E-state index in [-0.39, 0.29) is 12.5 Å². The van der Waals surface area contributed by atoms with Crippen molar-refractivity contribution in [3.63, 3.8) is 0 Å². The Bertz CT molecular complexity index is 2190. The fourth-order valence-corrected chi connectivity index (χ4v) is 7.71. The summed E-state index contributed by atoms with van der Waals surface area (Å²) in [6.45, 7) is 5.07. The number of hydrogen-bond acceptors (Lipinski definition) is 6. The molecule has 0 heterocycles. The summed E-state index contributed by atoms with van der Waals surface area (Å²) in [4.78, 5) is 58.1. The fraction of sp³-hybridized carbons (Fsp3) is 0.261. The van der Waals surface area contributed by atoms with Gasteiger partial charge in [-0.1, -0.05) is 138 Å². The van der Waals surface area contributed by atoms with Gasteiger partial charge in [-0.25, -0.2) is 4.79 Å². The number of ether oxygens (including phenoxy) is 2. The lowest BCUT2D eigenvalue weighted by atomic mass is 9.79. The second-order valence-electron chi connectivity index (χ2n) is 14.8. The standard InChI is InChI=1S/C46H46ClN3O6/c1-30-24-26-32(27-25-30)46(31-16-8-7-9-17-31,38-22-14-15-23-39(38)47)56-41(51)28-40(42(52)49(4)5)50(6)43(53)45(2,3)48-44(54)55-29-37-35-20-12-10-18-33(35)34-19-11-13-21-36(34)37/h7-27,37,40H,28-29H2,1-6H3,(H,48,54)/t40-,46?/m0/s1. The van der Waals surface area contributed by atoms with Gasteiger partial charge in [0.15, 0.2) is 5.60 Å². The zero-order chi connectivity index (χ0) is 40.2. The molecule has 0 bridgehead atoms. The number of hydrogen-bond donors (Lipinski definition) is 1. The molecule has 10 heteroatoms. The van der Waals surface area contributed by atoms with Crippen LogP contribution in [0.1, 0.15) is 59.6 Å². The van der Waals surface area contributed by atoms with Crippen molar-refractivity contribution in [3.05, 3.63) is 166 Å². The van der Waals surface area contributed by atoms with Gasteiger partial charge in [0.2, 0.25) is 11.8 Å². The SMILES string of the molecule is Cc1ccc(C(OC(=O)C[C@@H](C(=O)N(C)C)N(C)C(=O)C(C)(C)NC(=O)OCC2c3ccccc3-c3ccccc32)(c2ccccc2)c2ccccc2Cl)cc1. The Morgan fingerprint density at radius 1 is 0.732 bits per heavy atom. The number of likely N-dealkylation sites (N-methyl/N-ethyl adjacent to an activating group) is 2. The molecular weight excluding hydrogens is 726 g/mol. The summed E-state index contributed by atoms with van der Waals surface area (Å²) in [7, 11) is 4.52. The van der Waals surface area contributed by atoms with Crippen LogP contribution in [-0.4, -0.2) is 73.0 Å². The van der Waals surface area contributed by atoms with Crippen molar-refractivity contribution in [3.8, 4) is 11.1 Å². The average Bonchev–Trinajstić information content (AvgIpc) is 3.51. The normalized spacial score (nSPS) is 13.7. The predicted molar refractivity (Wildman–Crippen MR) is 217 cm³/mol. The summed E-state index contributed by atoms with van der Waals surface area (Å²) >= 11 is 6.86. The van der Waals surface area contributed by atoms with Crippen molar-refractivity contribution in [2.24, 2.45) is 0 Å². The van der Waals surface area contributed by atoms with Gasteiger partial charge in [0.05, 0.1) is 6.42 Å². The molecule has 56 heavy (non-hydrogen) atoms. The molecule has 1 aliphatic rings. The minimum absolute atomic E-state index is 0.0587. The molecule has 6 rings (SSSR count). The number of fused-ring (bicyclic) bond motifs is 3. The molecule has 5 aromatic rings. The Morgan fingerprint density at radius 3 is 1.86 bits per heavy atom. The first-order chi connectivity index (χ1) is 26.7. The number of halogens is 1. The third-order valence-corrected chi connectivity index (χ3v) is 10.7. The Kier molecular flexibility index (Phi) is 11.7. The van der Waals surface area contributed by atoms with E-state index < -0.39 is 47.5 Å². The van der Waals surface area contributed by atoms with E-state index in [0.717, 1.165) is 27.8 Å². The molecule has 0 aliphatic heterocycles. The second kappa shape index (κ2) is 16.4. The molecule has 0 aromatic heterocycles. The monoisotopic (exact) mass is 771 g/mol. The van der Waals surface area contributed by atoms with Crippen molar-refractivity contribution in [2.75, 3.05) is 27.7 Å². The Labute approximate surface area is 333 Å². The first-order valence-electron chi connectivity index (χ1n) is 18.5. The van der Waals surface area contributed by atoms with E-state index in [4.69, 9.17) is 21.1 Å². The van der Waals surface area contributed by atoms with Gasteiger partial charge < -0.3 is 24.6 Å². The molecule has 5 aromatic carbocycles. The summed E-state index contributed by atoms with van der Waals surface area (Å²) in [5, 5.41) is 3.06. The van der Waals surface area contributed by atoms with Crippen LogP contribution in [0, 0.1) is 6.92 Å². The second-order valence-corrected chi connectivity index (χ2v) is 15.2. The number of alkyl carbamates (subject to hydrolysis) is 1. The van der Waals surface area contributed by atoms with Gasteiger partial charge in [-0.2, -0.15) is 0 Å². The van der Waals surface area contributed by atoms with Gasteiger partial charge >= 0.3 is 12.1 Å². The molecule has 0 saturated heterocycles. The molecule has 0 saturated carbocycles. The number of nitrogens with zero attached hydrogens (tertiary/aromatic N) is 2. The Balaban J connectivity index is 1.23. The van der Waals surface area contributed by atoms with E-state index in [1.165, 1.54) is 30.7 Å². The number of esters is 1. The Morgan fingerprint density at radius 2 is 1.27 bits per heavy atom. The van der Waals surface area contributed by atoms with E-state index in [9.17, 15) is 19.2 Å². The maximum atomic E-state index is 14.4. The first-order valence-corrected chi connectivity index (χ1v) is 18.8. The summed E-state index contributed by atoms with van der Waals surface area (Å²) in [6.07, 6.45) is -1.29. The van der Waals surface area contributed by atoms with Crippen molar-refractivity contribution in [1.29, 1.82) is 0 Å². The first kappa shape index (κ1) is 39.8. The van der Waals surface area contributed by atoms with Crippen LogP contribution < -0.4 is 5.32 Å². The van der Waals surface area contributed by atoms with Gasteiger partial charge in [-0.05, 0) is 49.1 Å². The van der Waals surface area contributed by atoms with Crippen LogP contribution >= 0.6 is 11.6 Å². The maximum Gasteiger partial charge on any atom is 0.408 e. The molecule has 1 N–H and O–H groups in total. The smallest absolute Gasteiger partial charge is 0.408 e. The lowest BCUT2D eigenvalue weighted by molar-refractivity contribution is -0.159. The fourth-order valence-electron chi connectivity index (χ4n) is 7.44. The number of carbonyl (C=O) groups excluding carboxylic acids is 4. The van der Waals surface area contributed by atoms with Crippen LogP contribution in [0.25, 0.3) is 11.1 Å². The highest BCUT2D eigenvalue weighted by Gasteiger charge is 2.45. The number of nitrogens with one attached hydrogen (secondary N) is 1. The highest BCUT2D eigenvalue weighted by atomic mass is 35.5. The summed E-state index contributed by atoms with van der Waals surface area (Å²) < 4.78 is 12.3. The molecule has 0 spiro atoms. The zero-order valence-corrected chi connectivity index (χ0v) is 33.2. The van der Waals surface area contributed by atoms with Crippen LogP contribution in [0.4, 0.5) is 4.79 Å². The number of amides is 3. The molecular formula is C46H46ClN3O6. The molecule has 0 radical (unpaired) electrons. The minimum Gasteiger partial charge on any atom is -0.449 e. The van der Waals surface area contributed by atoms with Crippen LogP contribution in [-0.2, 0) is 29.5 Å². The van der Waals surface area contributed by atoms with Crippen molar-refractivity contribution in [2.45, 2.75) is 50.3 Å². The molecule has 2 atom stereocenters. The summed E-state index contributed by atoms with van der Waals surface area (Å²) in [5.74, 6) is -2.04. The number of carbonyl (C=O) groups is 4. The third kappa shape index (κ3) is 7.91. The predicted octanol–water partition coefficient (Wildman–Crippen LogP) is 8.11. The minimum atomic E-state index is -1.53. The highest BCUT2D eigenvalue weighted by molar-refractivity contribution is 6.31. The third-order valence-electron chi connectivity index (χ3n) is 10.3. The molecule has 288 valence electrons.